The Morgan fingerprint density at radius 1 is 1.31 bits per heavy atom. The maximum Gasteiger partial charge on any atom is 0.414 e. The third kappa shape index (κ3) is 2.89. The Balaban J connectivity index is 1.45. The van der Waals surface area contributed by atoms with Crippen molar-refractivity contribution in [3.8, 4) is 0 Å². The van der Waals surface area contributed by atoms with Gasteiger partial charge in [0.2, 0.25) is 5.91 Å². The molecule has 3 unspecified atom stereocenters. The highest BCUT2D eigenvalue weighted by Crippen LogP contribution is 2.40. The van der Waals surface area contributed by atoms with Crippen LogP contribution in [-0.2, 0) is 14.3 Å². The first-order chi connectivity index (χ1) is 12.4. The van der Waals surface area contributed by atoms with E-state index in [0.29, 0.717) is 36.8 Å². The monoisotopic (exact) mass is 361 g/mol. The Morgan fingerprint density at radius 3 is 2.77 bits per heavy atom. The van der Waals surface area contributed by atoms with E-state index >= 15 is 0 Å². The van der Waals surface area contributed by atoms with E-state index in [2.05, 4.69) is 5.32 Å². The van der Waals surface area contributed by atoms with Crippen LogP contribution in [-0.4, -0.2) is 50.1 Å². The molecule has 3 atom stereocenters. The summed E-state index contributed by atoms with van der Waals surface area (Å²) in [6.45, 7) is 3.12. The van der Waals surface area contributed by atoms with E-state index in [1.807, 2.05) is 4.90 Å². The van der Waals surface area contributed by atoms with Crippen LogP contribution in [0.5, 0.6) is 0 Å². The number of hydrogen-bond donors (Lipinski definition) is 1. The van der Waals surface area contributed by atoms with Gasteiger partial charge in [0.15, 0.2) is 0 Å². The topological polar surface area (TPSA) is 79.0 Å². The zero-order chi connectivity index (χ0) is 18.4. The van der Waals surface area contributed by atoms with Gasteiger partial charge in [0, 0.05) is 32.4 Å². The molecule has 0 radical (unpaired) electrons. The number of Topliss-reactive ketones (excluding diaryl/α,β-unsaturated/α-hetero) is 1. The maximum atomic E-state index is 14.6. The maximum absolute atomic E-state index is 14.6. The third-order valence-corrected chi connectivity index (χ3v) is 5.35. The van der Waals surface area contributed by atoms with Crippen molar-refractivity contribution in [2.24, 2.45) is 11.8 Å². The fraction of sp³-hybridized carbons (Fsp3) is 0.500. The van der Waals surface area contributed by atoms with Crippen LogP contribution in [0.4, 0.5) is 20.6 Å². The van der Waals surface area contributed by atoms with Crippen LogP contribution in [0.25, 0.3) is 0 Å². The molecule has 1 saturated carbocycles. The lowest BCUT2D eigenvalue weighted by atomic mass is 9.75. The Kier molecular flexibility index (Phi) is 4.05. The summed E-state index contributed by atoms with van der Waals surface area (Å²) in [4.78, 5) is 37.8. The molecule has 4 rings (SSSR count). The minimum atomic E-state index is -0.558. The number of hydrogen-bond acceptors (Lipinski definition) is 5. The van der Waals surface area contributed by atoms with Crippen LogP contribution in [0, 0.1) is 17.7 Å². The molecule has 2 heterocycles. The summed E-state index contributed by atoms with van der Waals surface area (Å²) in [7, 11) is 0. The molecule has 2 amide bonds. The Hall–Kier alpha value is -2.64. The molecule has 7 nitrogen and oxygen atoms in total. The highest BCUT2D eigenvalue weighted by atomic mass is 19.1. The molecular weight excluding hydrogens is 341 g/mol. The minimum Gasteiger partial charge on any atom is -0.442 e. The number of ketones is 1. The normalized spacial score (nSPS) is 27.2. The predicted octanol–water partition coefficient (Wildman–Crippen LogP) is 1.31. The lowest BCUT2D eigenvalue weighted by Crippen LogP contribution is -2.35. The number of ether oxygens (including phenoxy) is 1. The number of fused-ring (bicyclic) bond motifs is 1. The molecule has 1 aromatic rings. The second kappa shape index (κ2) is 6.26. The Bertz CT molecular complexity index is 784. The highest BCUT2D eigenvalue weighted by molar-refractivity contribution is 5.91. The van der Waals surface area contributed by atoms with Crippen molar-refractivity contribution in [1.29, 1.82) is 0 Å². The van der Waals surface area contributed by atoms with E-state index in [9.17, 15) is 18.8 Å². The molecule has 26 heavy (non-hydrogen) atoms. The number of carbonyl (C=O) groups is 3. The SMILES string of the molecule is CC(=O)NCC1CN(c2ccc(N3CC4CC(=O)C4C3)c(F)c2)C(=O)O1. The number of anilines is 2. The van der Waals surface area contributed by atoms with Gasteiger partial charge in [-0.15, -0.1) is 0 Å². The van der Waals surface area contributed by atoms with Crippen molar-refractivity contribution in [3.05, 3.63) is 24.0 Å². The number of rotatable bonds is 4. The molecule has 3 fully saturated rings. The molecule has 138 valence electrons. The first-order valence-electron chi connectivity index (χ1n) is 8.72. The Morgan fingerprint density at radius 2 is 2.12 bits per heavy atom. The van der Waals surface area contributed by atoms with Crippen LogP contribution < -0.4 is 15.1 Å². The van der Waals surface area contributed by atoms with Gasteiger partial charge in [-0.1, -0.05) is 0 Å². The molecular formula is C18H20FN3O4. The van der Waals surface area contributed by atoms with Crippen molar-refractivity contribution >= 4 is 29.2 Å². The van der Waals surface area contributed by atoms with Gasteiger partial charge in [-0.2, -0.15) is 0 Å². The molecule has 2 saturated heterocycles. The first kappa shape index (κ1) is 16.8. The van der Waals surface area contributed by atoms with Crippen molar-refractivity contribution in [3.63, 3.8) is 0 Å². The fourth-order valence-corrected chi connectivity index (χ4v) is 3.91. The molecule has 2 aliphatic heterocycles. The summed E-state index contributed by atoms with van der Waals surface area (Å²) in [6, 6.07) is 4.65. The van der Waals surface area contributed by atoms with Crippen molar-refractivity contribution < 1.29 is 23.5 Å². The second-order valence-electron chi connectivity index (χ2n) is 7.13. The molecule has 3 aliphatic rings. The molecule has 1 aromatic carbocycles. The quantitative estimate of drug-likeness (QED) is 0.875. The number of benzene rings is 1. The number of nitrogens with zero attached hydrogens (tertiary/aromatic N) is 2. The fourth-order valence-electron chi connectivity index (χ4n) is 3.91. The smallest absolute Gasteiger partial charge is 0.414 e. The van der Waals surface area contributed by atoms with Gasteiger partial charge in [-0.25, -0.2) is 9.18 Å². The minimum absolute atomic E-state index is 0.0390. The summed E-state index contributed by atoms with van der Waals surface area (Å²) in [5.74, 6) is 0.0173. The highest BCUT2D eigenvalue weighted by Gasteiger charge is 2.46. The van der Waals surface area contributed by atoms with E-state index in [0.717, 1.165) is 0 Å². The van der Waals surface area contributed by atoms with Crippen molar-refractivity contribution in [1.82, 2.24) is 5.32 Å². The summed E-state index contributed by atoms with van der Waals surface area (Å²) < 4.78 is 19.8. The van der Waals surface area contributed by atoms with E-state index in [-0.39, 0.29) is 30.7 Å². The summed E-state index contributed by atoms with van der Waals surface area (Å²) in [5.41, 5.74) is 0.873. The molecule has 1 N–H and O–H groups in total. The number of amides is 2. The second-order valence-corrected chi connectivity index (χ2v) is 7.13. The Labute approximate surface area is 150 Å². The van der Waals surface area contributed by atoms with E-state index in [1.165, 1.54) is 17.9 Å². The summed E-state index contributed by atoms with van der Waals surface area (Å²) >= 11 is 0. The molecule has 0 bridgehead atoms. The van der Waals surface area contributed by atoms with Crippen molar-refractivity contribution in [2.45, 2.75) is 19.4 Å². The molecule has 1 aliphatic carbocycles. The lowest BCUT2D eigenvalue weighted by Gasteiger charge is -2.25. The third-order valence-electron chi connectivity index (χ3n) is 5.35. The van der Waals surface area contributed by atoms with E-state index < -0.39 is 18.0 Å². The number of nitrogens with one attached hydrogen (secondary N) is 1. The number of halogens is 1. The summed E-state index contributed by atoms with van der Waals surface area (Å²) in [5, 5.41) is 2.60. The molecule has 8 heteroatoms. The van der Waals surface area contributed by atoms with Gasteiger partial charge >= 0.3 is 6.09 Å². The first-order valence-corrected chi connectivity index (χ1v) is 8.72. The van der Waals surface area contributed by atoms with Gasteiger partial charge < -0.3 is 15.0 Å². The number of carbonyl (C=O) groups excluding carboxylic acids is 3. The van der Waals surface area contributed by atoms with Crippen LogP contribution in [0.15, 0.2) is 18.2 Å². The average molecular weight is 361 g/mol. The van der Waals surface area contributed by atoms with E-state index in [4.69, 9.17) is 4.74 Å². The zero-order valence-corrected chi connectivity index (χ0v) is 14.4. The standard InChI is InChI=1S/C18H20FN3O4/c1-10(23)20-6-13-8-22(18(25)26-13)12-2-3-16(15(19)5-12)21-7-11-4-17(24)14(11)9-21/h2-3,5,11,13-14H,4,6-9H2,1H3,(H,20,23). The zero-order valence-electron chi connectivity index (χ0n) is 14.4. The molecule has 0 spiro atoms. The van der Waals surface area contributed by atoms with Gasteiger partial charge in [0.25, 0.3) is 0 Å². The van der Waals surface area contributed by atoms with Crippen LogP contribution >= 0.6 is 0 Å². The lowest BCUT2D eigenvalue weighted by molar-refractivity contribution is -0.131. The van der Waals surface area contributed by atoms with Gasteiger partial charge in [0.1, 0.15) is 17.7 Å². The van der Waals surface area contributed by atoms with Gasteiger partial charge in [-0.3, -0.25) is 14.5 Å². The van der Waals surface area contributed by atoms with Gasteiger partial charge in [0.05, 0.1) is 24.5 Å². The summed E-state index contributed by atoms with van der Waals surface area (Å²) in [6.07, 6.45) is -0.428. The van der Waals surface area contributed by atoms with Crippen LogP contribution in [0.2, 0.25) is 0 Å². The molecule has 0 aromatic heterocycles. The number of cyclic esters (lactones) is 1. The van der Waals surface area contributed by atoms with Crippen molar-refractivity contribution in [2.75, 3.05) is 36.0 Å². The van der Waals surface area contributed by atoms with Crippen LogP contribution in [0.1, 0.15) is 13.3 Å². The van der Waals surface area contributed by atoms with Gasteiger partial charge in [-0.05, 0) is 24.1 Å². The van der Waals surface area contributed by atoms with Crippen LogP contribution in [0.3, 0.4) is 0 Å². The largest absolute Gasteiger partial charge is 0.442 e. The van der Waals surface area contributed by atoms with E-state index in [1.54, 1.807) is 12.1 Å². The average Bonchev–Trinajstić information content (AvgIpc) is 3.13. The predicted molar refractivity (Wildman–Crippen MR) is 91.5 cm³/mol.